The summed E-state index contributed by atoms with van der Waals surface area (Å²) in [7, 11) is 0. The summed E-state index contributed by atoms with van der Waals surface area (Å²) < 4.78 is 1.83. The van der Waals surface area contributed by atoms with Gasteiger partial charge in [-0.2, -0.15) is 0 Å². The third-order valence-corrected chi connectivity index (χ3v) is 6.19. The fourth-order valence-corrected chi connectivity index (χ4v) is 5.00. The Bertz CT molecular complexity index is 978. The number of fused-ring (bicyclic) bond motifs is 2. The summed E-state index contributed by atoms with van der Waals surface area (Å²) >= 11 is 2.75. The lowest BCUT2D eigenvalue weighted by Gasteiger charge is -2.05. The number of carbonyl (C=O) groups excluding carboxylic acids is 2. The lowest BCUT2D eigenvalue weighted by atomic mass is 10.1. The monoisotopic (exact) mass is 373 g/mol. The van der Waals surface area contributed by atoms with Crippen LogP contribution >= 0.6 is 23.1 Å². The maximum absolute atomic E-state index is 12.3. The van der Waals surface area contributed by atoms with Gasteiger partial charge in [-0.3, -0.25) is 14.0 Å². The van der Waals surface area contributed by atoms with Crippen molar-refractivity contribution in [3.63, 3.8) is 0 Å². The summed E-state index contributed by atoms with van der Waals surface area (Å²) in [5.41, 5.74) is 7.72. The second-order valence-electron chi connectivity index (χ2n) is 5.67. The van der Waals surface area contributed by atoms with E-state index in [1.54, 1.807) is 0 Å². The van der Waals surface area contributed by atoms with E-state index in [1.807, 2.05) is 28.8 Å². The molecule has 0 saturated carbocycles. The van der Waals surface area contributed by atoms with Crippen LogP contribution in [-0.2, 0) is 17.6 Å². The fourth-order valence-electron chi connectivity index (χ4n) is 2.96. The molecule has 0 fully saturated rings. The number of anilines is 1. The van der Waals surface area contributed by atoms with Crippen molar-refractivity contribution >= 4 is 45.6 Å². The molecule has 3 aromatic rings. The number of aromatic nitrogens is 3. The van der Waals surface area contributed by atoms with Gasteiger partial charge >= 0.3 is 0 Å². The maximum atomic E-state index is 12.3. The predicted octanol–water partition coefficient (Wildman–Crippen LogP) is 2.11. The van der Waals surface area contributed by atoms with Gasteiger partial charge in [0.1, 0.15) is 5.00 Å². The first-order chi connectivity index (χ1) is 12.1. The highest BCUT2D eigenvalue weighted by atomic mass is 32.2. The topological polar surface area (TPSA) is 102 Å². The molecule has 0 saturated heterocycles. The Morgan fingerprint density at radius 1 is 1.32 bits per heavy atom. The highest BCUT2D eigenvalue weighted by molar-refractivity contribution is 7.99. The maximum Gasteiger partial charge on any atom is 0.251 e. The number of rotatable bonds is 5. The van der Waals surface area contributed by atoms with Crippen molar-refractivity contribution in [1.82, 2.24) is 14.6 Å². The van der Waals surface area contributed by atoms with E-state index < -0.39 is 5.91 Å². The summed E-state index contributed by atoms with van der Waals surface area (Å²) in [5.74, 6) is -0.498. The Hall–Kier alpha value is -2.39. The zero-order valence-corrected chi connectivity index (χ0v) is 14.8. The number of hydrogen-bond donors (Lipinski definition) is 2. The number of primary amides is 1. The fraction of sp³-hybridized carbons (Fsp3) is 0.250. The van der Waals surface area contributed by atoms with Crippen LogP contribution in [0.2, 0.25) is 0 Å². The molecular formula is C16H15N5O2S2. The molecule has 0 spiro atoms. The van der Waals surface area contributed by atoms with E-state index in [9.17, 15) is 9.59 Å². The van der Waals surface area contributed by atoms with Gasteiger partial charge in [-0.1, -0.05) is 17.8 Å². The molecule has 1 aliphatic rings. The molecule has 25 heavy (non-hydrogen) atoms. The molecule has 0 aliphatic heterocycles. The summed E-state index contributed by atoms with van der Waals surface area (Å²) in [6.45, 7) is 0. The van der Waals surface area contributed by atoms with E-state index >= 15 is 0 Å². The number of hydrogen-bond acceptors (Lipinski definition) is 6. The number of nitrogens with two attached hydrogens (primary N) is 1. The Balaban J connectivity index is 1.47. The number of amides is 2. The Morgan fingerprint density at radius 2 is 2.20 bits per heavy atom. The number of pyridine rings is 1. The molecule has 128 valence electrons. The predicted molar refractivity (Wildman–Crippen MR) is 97.2 cm³/mol. The zero-order valence-electron chi connectivity index (χ0n) is 13.2. The minimum atomic E-state index is -0.481. The molecule has 7 nitrogen and oxygen atoms in total. The second kappa shape index (κ2) is 6.49. The van der Waals surface area contributed by atoms with E-state index in [0.29, 0.717) is 15.7 Å². The van der Waals surface area contributed by atoms with Gasteiger partial charge < -0.3 is 11.1 Å². The molecule has 0 radical (unpaired) electrons. The molecular weight excluding hydrogens is 358 g/mol. The first kappa shape index (κ1) is 16.1. The minimum Gasteiger partial charge on any atom is -0.365 e. The number of nitrogens with zero attached hydrogens (tertiary/aromatic N) is 3. The Morgan fingerprint density at radius 3 is 3.04 bits per heavy atom. The lowest BCUT2D eigenvalue weighted by molar-refractivity contribution is -0.113. The van der Waals surface area contributed by atoms with Gasteiger partial charge in [-0.15, -0.1) is 21.5 Å². The van der Waals surface area contributed by atoms with Gasteiger partial charge in [0.25, 0.3) is 5.91 Å². The number of nitrogens with one attached hydrogen (secondary N) is 1. The van der Waals surface area contributed by atoms with Crippen molar-refractivity contribution in [2.75, 3.05) is 11.1 Å². The molecule has 3 N–H and O–H groups in total. The van der Waals surface area contributed by atoms with Crippen molar-refractivity contribution in [3.05, 3.63) is 40.4 Å². The van der Waals surface area contributed by atoms with E-state index in [0.717, 1.165) is 35.4 Å². The molecule has 1 aliphatic carbocycles. The van der Waals surface area contributed by atoms with Crippen LogP contribution < -0.4 is 11.1 Å². The van der Waals surface area contributed by atoms with Gasteiger partial charge in [0.15, 0.2) is 10.8 Å². The number of thioether (sulfide) groups is 1. The van der Waals surface area contributed by atoms with E-state index in [4.69, 9.17) is 5.73 Å². The normalized spacial score (nSPS) is 13.1. The quantitative estimate of drug-likeness (QED) is 0.667. The molecule has 0 atom stereocenters. The minimum absolute atomic E-state index is 0.177. The summed E-state index contributed by atoms with van der Waals surface area (Å²) in [4.78, 5) is 25.2. The van der Waals surface area contributed by atoms with Crippen LogP contribution in [0.5, 0.6) is 0 Å². The third-order valence-electron chi connectivity index (χ3n) is 4.04. The van der Waals surface area contributed by atoms with Gasteiger partial charge in [0.05, 0.1) is 11.3 Å². The number of carbonyl (C=O) groups is 2. The van der Waals surface area contributed by atoms with E-state index in [-0.39, 0.29) is 11.7 Å². The van der Waals surface area contributed by atoms with Crippen LogP contribution in [0, 0.1) is 0 Å². The largest absolute Gasteiger partial charge is 0.365 e. The van der Waals surface area contributed by atoms with Crippen LogP contribution in [0.3, 0.4) is 0 Å². The summed E-state index contributed by atoms with van der Waals surface area (Å²) in [5, 5.41) is 12.2. The molecule has 9 heteroatoms. The molecule has 0 aromatic carbocycles. The average Bonchev–Trinajstić information content (AvgIpc) is 3.26. The summed E-state index contributed by atoms with van der Waals surface area (Å²) in [6.07, 6.45) is 4.67. The van der Waals surface area contributed by atoms with Crippen LogP contribution in [-0.4, -0.2) is 32.2 Å². The molecule has 0 unspecified atom stereocenters. The Labute approximate surface area is 151 Å². The van der Waals surface area contributed by atoms with E-state index in [1.165, 1.54) is 23.1 Å². The van der Waals surface area contributed by atoms with Crippen molar-refractivity contribution < 1.29 is 9.59 Å². The zero-order chi connectivity index (χ0) is 17.4. The molecule has 3 heterocycles. The van der Waals surface area contributed by atoms with Gasteiger partial charge in [0, 0.05) is 11.1 Å². The average molecular weight is 373 g/mol. The van der Waals surface area contributed by atoms with E-state index in [2.05, 4.69) is 15.5 Å². The first-order valence-electron chi connectivity index (χ1n) is 7.80. The Kier molecular flexibility index (Phi) is 4.18. The van der Waals surface area contributed by atoms with Crippen molar-refractivity contribution in [3.8, 4) is 0 Å². The third kappa shape index (κ3) is 3.00. The van der Waals surface area contributed by atoms with Crippen LogP contribution in [0.25, 0.3) is 5.65 Å². The molecule has 2 amide bonds. The standard InChI is InChI=1S/C16H15N5O2S2/c17-14(23)13-9-4-3-5-10(9)25-15(13)18-12(22)8-24-16-20-19-11-6-1-2-7-21(11)16/h1-2,6-7H,3-5,8H2,(H2,17,23)(H,18,22). The smallest absolute Gasteiger partial charge is 0.251 e. The van der Waals surface area contributed by atoms with Crippen LogP contribution in [0.1, 0.15) is 27.2 Å². The number of thiophene rings is 1. The first-order valence-corrected chi connectivity index (χ1v) is 9.60. The molecule has 3 aromatic heterocycles. The van der Waals surface area contributed by atoms with Crippen molar-refractivity contribution in [2.45, 2.75) is 24.4 Å². The van der Waals surface area contributed by atoms with Crippen LogP contribution in [0.15, 0.2) is 29.6 Å². The highest BCUT2D eigenvalue weighted by Gasteiger charge is 2.26. The van der Waals surface area contributed by atoms with Crippen molar-refractivity contribution in [1.29, 1.82) is 0 Å². The lowest BCUT2D eigenvalue weighted by Crippen LogP contribution is -2.19. The SMILES string of the molecule is NC(=O)c1c(NC(=O)CSc2nnc3ccccn23)sc2c1CCC2. The molecule has 4 rings (SSSR count). The number of aryl methyl sites for hydroxylation is 1. The van der Waals surface area contributed by atoms with Gasteiger partial charge in [-0.25, -0.2) is 0 Å². The van der Waals surface area contributed by atoms with Crippen molar-refractivity contribution in [2.24, 2.45) is 5.73 Å². The van der Waals surface area contributed by atoms with Crippen LogP contribution in [0.4, 0.5) is 5.00 Å². The molecule has 0 bridgehead atoms. The second-order valence-corrected chi connectivity index (χ2v) is 7.72. The van der Waals surface area contributed by atoms with Gasteiger partial charge in [0.2, 0.25) is 5.91 Å². The highest BCUT2D eigenvalue weighted by Crippen LogP contribution is 2.38. The van der Waals surface area contributed by atoms with Gasteiger partial charge in [-0.05, 0) is 37.0 Å². The summed E-state index contributed by atoms with van der Waals surface area (Å²) in [6, 6.07) is 5.61.